The summed E-state index contributed by atoms with van der Waals surface area (Å²) in [6, 6.07) is 14.8. The smallest absolute Gasteiger partial charge is 0.269 e. The maximum atomic E-state index is 11.0. The molecule has 0 amide bonds. The number of thioether (sulfide) groups is 1. The molecule has 2 aromatic carbocycles. The van der Waals surface area contributed by atoms with Crippen LogP contribution in [-0.2, 0) is 10.5 Å². The number of hydrogen-bond acceptors (Lipinski definition) is 7. The van der Waals surface area contributed by atoms with E-state index in [1.54, 1.807) is 12.1 Å². The monoisotopic (exact) mass is 411 g/mol. The van der Waals surface area contributed by atoms with Gasteiger partial charge in [-0.1, -0.05) is 42.1 Å². The number of aryl methyl sites for hydroxylation is 1. The lowest BCUT2D eigenvalue weighted by atomic mass is 10.2. The lowest BCUT2D eigenvalue weighted by molar-refractivity contribution is -0.384. The van der Waals surface area contributed by atoms with Crippen LogP contribution < -0.4 is 4.90 Å². The Morgan fingerprint density at radius 3 is 2.69 bits per heavy atom. The van der Waals surface area contributed by atoms with Crippen LogP contribution in [0.4, 0.5) is 11.6 Å². The number of para-hydroxylation sites is 1. The number of anilines is 1. The summed E-state index contributed by atoms with van der Waals surface area (Å²) in [6.07, 6.45) is 0. The van der Waals surface area contributed by atoms with Gasteiger partial charge < -0.3 is 9.64 Å². The molecule has 3 aromatic rings. The van der Waals surface area contributed by atoms with Gasteiger partial charge in [0, 0.05) is 31.0 Å². The minimum absolute atomic E-state index is 0.0949. The fraction of sp³-hybridized carbons (Fsp3) is 0.300. The first kappa shape index (κ1) is 19.4. The Morgan fingerprint density at radius 1 is 1.14 bits per heavy atom. The molecule has 0 unspecified atom stereocenters. The number of morpholine rings is 1. The minimum Gasteiger partial charge on any atom is -0.378 e. The standard InChI is InChI=1S/C20H21N5O3S/c1-15-5-2-3-8-18(15)24-19(23-9-11-28-12-10-23)21-22-20(24)29-14-16-6-4-7-17(13-16)25(26)27/h2-8,13H,9-12,14H2,1H3. The largest absolute Gasteiger partial charge is 0.378 e. The molecule has 29 heavy (non-hydrogen) atoms. The minimum atomic E-state index is -0.374. The number of hydrogen-bond donors (Lipinski definition) is 0. The second-order valence-electron chi connectivity index (χ2n) is 6.72. The van der Waals surface area contributed by atoms with E-state index in [9.17, 15) is 10.1 Å². The van der Waals surface area contributed by atoms with Crippen molar-refractivity contribution in [1.82, 2.24) is 14.8 Å². The zero-order valence-electron chi connectivity index (χ0n) is 16.0. The van der Waals surface area contributed by atoms with Gasteiger partial charge in [0.2, 0.25) is 5.95 Å². The van der Waals surface area contributed by atoms with Gasteiger partial charge in [-0.15, -0.1) is 10.2 Å². The van der Waals surface area contributed by atoms with E-state index < -0.39 is 0 Å². The van der Waals surface area contributed by atoms with Crippen molar-refractivity contribution in [3.05, 3.63) is 69.8 Å². The summed E-state index contributed by atoms with van der Waals surface area (Å²) in [5.74, 6) is 1.36. The van der Waals surface area contributed by atoms with E-state index >= 15 is 0 Å². The van der Waals surface area contributed by atoms with Gasteiger partial charge in [-0.05, 0) is 24.1 Å². The van der Waals surface area contributed by atoms with Crippen LogP contribution in [0.3, 0.4) is 0 Å². The zero-order valence-corrected chi connectivity index (χ0v) is 16.8. The Balaban J connectivity index is 1.66. The highest BCUT2D eigenvalue weighted by Crippen LogP contribution is 2.31. The van der Waals surface area contributed by atoms with Gasteiger partial charge in [0.15, 0.2) is 5.16 Å². The summed E-state index contributed by atoms with van der Waals surface area (Å²) in [6.45, 7) is 4.92. The van der Waals surface area contributed by atoms with E-state index in [0.717, 1.165) is 41.0 Å². The lowest BCUT2D eigenvalue weighted by Crippen LogP contribution is -2.38. The molecule has 4 rings (SSSR count). The molecule has 9 heteroatoms. The predicted octanol–water partition coefficient (Wildman–Crippen LogP) is 3.61. The van der Waals surface area contributed by atoms with Crippen molar-refractivity contribution >= 4 is 23.4 Å². The molecule has 150 valence electrons. The Morgan fingerprint density at radius 2 is 1.93 bits per heavy atom. The Kier molecular flexibility index (Phi) is 5.77. The average Bonchev–Trinajstić information content (AvgIpc) is 3.17. The molecule has 1 aliphatic rings. The Hall–Kier alpha value is -2.91. The van der Waals surface area contributed by atoms with Crippen LogP contribution in [0.25, 0.3) is 5.69 Å². The molecule has 8 nitrogen and oxygen atoms in total. The topological polar surface area (TPSA) is 86.3 Å². The molecule has 0 saturated carbocycles. The number of nitro groups is 1. The predicted molar refractivity (Wildman–Crippen MR) is 112 cm³/mol. The number of aromatic nitrogens is 3. The van der Waals surface area contributed by atoms with Gasteiger partial charge in [-0.3, -0.25) is 14.7 Å². The van der Waals surface area contributed by atoms with Gasteiger partial charge in [0.25, 0.3) is 5.69 Å². The van der Waals surface area contributed by atoms with Gasteiger partial charge in [-0.2, -0.15) is 0 Å². The van der Waals surface area contributed by atoms with Gasteiger partial charge in [0.1, 0.15) is 0 Å². The van der Waals surface area contributed by atoms with E-state index in [0.29, 0.717) is 19.0 Å². The van der Waals surface area contributed by atoms with Crippen molar-refractivity contribution in [2.24, 2.45) is 0 Å². The molecule has 0 radical (unpaired) electrons. The summed E-state index contributed by atoms with van der Waals surface area (Å²) in [5, 5.41) is 20.7. The summed E-state index contributed by atoms with van der Waals surface area (Å²) >= 11 is 1.52. The SMILES string of the molecule is Cc1ccccc1-n1c(SCc2cccc([N+](=O)[O-])c2)nnc1N1CCOCC1. The molecular weight excluding hydrogens is 390 g/mol. The number of non-ortho nitro benzene ring substituents is 1. The maximum absolute atomic E-state index is 11.0. The van der Waals surface area contributed by atoms with Crippen molar-refractivity contribution < 1.29 is 9.66 Å². The second-order valence-corrected chi connectivity index (χ2v) is 7.66. The van der Waals surface area contributed by atoms with E-state index in [1.807, 2.05) is 18.2 Å². The molecule has 1 aromatic heterocycles. The third-order valence-corrected chi connectivity index (χ3v) is 5.76. The Bertz CT molecular complexity index is 1020. The van der Waals surface area contributed by atoms with Crippen LogP contribution in [0.1, 0.15) is 11.1 Å². The van der Waals surface area contributed by atoms with E-state index in [2.05, 4.69) is 38.7 Å². The summed E-state index contributed by atoms with van der Waals surface area (Å²) in [7, 11) is 0. The molecule has 0 spiro atoms. The van der Waals surface area contributed by atoms with E-state index in [4.69, 9.17) is 4.74 Å². The van der Waals surface area contributed by atoms with Crippen molar-refractivity contribution in [2.75, 3.05) is 31.2 Å². The van der Waals surface area contributed by atoms with Gasteiger partial charge >= 0.3 is 0 Å². The molecule has 0 atom stereocenters. The first-order valence-corrected chi connectivity index (χ1v) is 10.3. The molecular formula is C20H21N5O3S. The normalized spacial score (nSPS) is 14.2. The van der Waals surface area contributed by atoms with Crippen molar-refractivity contribution in [1.29, 1.82) is 0 Å². The molecule has 0 aliphatic carbocycles. The third-order valence-electron chi connectivity index (χ3n) is 4.76. The highest BCUT2D eigenvalue weighted by atomic mass is 32.2. The fourth-order valence-corrected chi connectivity index (χ4v) is 4.14. The van der Waals surface area contributed by atoms with Crippen LogP contribution in [0.2, 0.25) is 0 Å². The van der Waals surface area contributed by atoms with Crippen LogP contribution in [0.15, 0.2) is 53.7 Å². The Labute approximate surface area is 172 Å². The molecule has 0 N–H and O–H groups in total. The summed E-state index contributed by atoms with van der Waals surface area (Å²) in [4.78, 5) is 12.8. The second kappa shape index (κ2) is 8.62. The number of ether oxygens (including phenoxy) is 1. The third kappa shape index (κ3) is 4.25. The lowest BCUT2D eigenvalue weighted by Gasteiger charge is -2.28. The highest BCUT2D eigenvalue weighted by molar-refractivity contribution is 7.98. The summed E-state index contributed by atoms with van der Waals surface area (Å²) in [5.41, 5.74) is 3.12. The number of benzene rings is 2. The van der Waals surface area contributed by atoms with Crippen molar-refractivity contribution in [2.45, 2.75) is 17.8 Å². The average molecular weight is 411 g/mol. The van der Waals surface area contributed by atoms with Crippen LogP contribution in [0.5, 0.6) is 0 Å². The van der Waals surface area contributed by atoms with Crippen LogP contribution in [0, 0.1) is 17.0 Å². The molecule has 1 saturated heterocycles. The molecule has 0 bridgehead atoms. The van der Waals surface area contributed by atoms with Crippen molar-refractivity contribution in [3.8, 4) is 5.69 Å². The van der Waals surface area contributed by atoms with Gasteiger partial charge in [0.05, 0.1) is 23.8 Å². The first-order chi connectivity index (χ1) is 14.1. The number of nitro benzene ring substituents is 1. The quantitative estimate of drug-likeness (QED) is 0.348. The van der Waals surface area contributed by atoms with Crippen LogP contribution in [-0.4, -0.2) is 46.0 Å². The first-order valence-electron chi connectivity index (χ1n) is 9.34. The maximum Gasteiger partial charge on any atom is 0.269 e. The molecule has 2 heterocycles. The highest BCUT2D eigenvalue weighted by Gasteiger charge is 2.22. The van der Waals surface area contributed by atoms with Crippen molar-refractivity contribution in [3.63, 3.8) is 0 Å². The number of rotatable bonds is 6. The summed E-state index contributed by atoms with van der Waals surface area (Å²) < 4.78 is 7.55. The number of nitrogens with zero attached hydrogens (tertiary/aromatic N) is 5. The van der Waals surface area contributed by atoms with Crippen LogP contribution >= 0.6 is 11.8 Å². The molecule has 1 aliphatic heterocycles. The van der Waals surface area contributed by atoms with Gasteiger partial charge in [-0.25, -0.2) is 0 Å². The fourth-order valence-electron chi connectivity index (χ4n) is 3.26. The van der Waals surface area contributed by atoms with E-state index in [1.165, 1.54) is 17.8 Å². The zero-order chi connectivity index (χ0) is 20.2. The van der Waals surface area contributed by atoms with E-state index in [-0.39, 0.29) is 10.6 Å². The molecule has 1 fully saturated rings.